The normalized spacial score (nSPS) is 11.7. The van der Waals surface area contributed by atoms with Gasteiger partial charge < -0.3 is 10.8 Å². The van der Waals surface area contributed by atoms with E-state index in [4.69, 9.17) is 5.73 Å². The number of halogens is 1. The summed E-state index contributed by atoms with van der Waals surface area (Å²) in [5, 5.41) is 9.76. The summed E-state index contributed by atoms with van der Waals surface area (Å²) in [6.45, 7) is 4.53. The largest absolute Gasteiger partial charge is 0.506 e. The molecular weight excluding hydrogens is 230 g/mol. The van der Waals surface area contributed by atoms with Crippen LogP contribution in [0, 0.1) is 0 Å². The Bertz CT molecular complexity index is 310. The number of phenols is 1. The minimum Gasteiger partial charge on any atom is -0.506 e. The number of para-hydroxylation sites is 1. The Morgan fingerprint density at radius 1 is 1.46 bits per heavy atom. The lowest BCUT2D eigenvalue weighted by atomic mass is 9.84. The van der Waals surface area contributed by atoms with Gasteiger partial charge in [0, 0.05) is 17.5 Å². The quantitative estimate of drug-likeness (QED) is 0.839. The predicted molar refractivity (Wildman–Crippen MR) is 57.9 cm³/mol. The van der Waals surface area contributed by atoms with Gasteiger partial charge in [-0.05, 0) is 22.0 Å². The van der Waals surface area contributed by atoms with Crippen molar-refractivity contribution in [2.45, 2.75) is 19.3 Å². The maximum atomic E-state index is 9.76. The molecule has 0 saturated heterocycles. The molecule has 0 atom stereocenters. The summed E-state index contributed by atoms with van der Waals surface area (Å²) >= 11 is 3.28. The first-order valence-corrected chi connectivity index (χ1v) is 4.96. The molecule has 3 heteroatoms. The Balaban J connectivity index is 3.22. The molecular formula is C10H14BrNO. The van der Waals surface area contributed by atoms with Crippen LogP contribution in [0.5, 0.6) is 5.75 Å². The Morgan fingerprint density at radius 2 is 2.08 bits per heavy atom. The lowest BCUT2D eigenvalue weighted by molar-refractivity contribution is 0.435. The molecule has 0 aromatic heterocycles. The topological polar surface area (TPSA) is 46.2 Å². The molecule has 72 valence electrons. The zero-order valence-electron chi connectivity index (χ0n) is 7.84. The number of phenolic OH excluding ortho intramolecular Hbond substituents is 1. The summed E-state index contributed by atoms with van der Waals surface area (Å²) in [6.07, 6.45) is 0. The van der Waals surface area contributed by atoms with Crippen LogP contribution in [0.1, 0.15) is 19.4 Å². The molecule has 0 radical (unpaired) electrons. The first kappa shape index (κ1) is 10.5. The maximum Gasteiger partial charge on any atom is 0.133 e. The third-order valence-electron chi connectivity index (χ3n) is 2.23. The number of benzene rings is 1. The molecule has 0 fully saturated rings. The smallest absolute Gasteiger partial charge is 0.133 e. The Kier molecular flexibility index (Phi) is 2.98. The lowest BCUT2D eigenvalue weighted by Gasteiger charge is -2.24. The first-order valence-electron chi connectivity index (χ1n) is 4.17. The molecule has 1 aromatic rings. The summed E-state index contributed by atoms with van der Waals surface area (Å²) in [5.74, 6) is 0.290. The second kappa shape index (κ2) is 3.68. The van der Waals surface area contributed by atoms with E-state index in [1.165, 1.54) is 0 Å². The van der Waals surface area contributed by atoms with Crippen molar-refractivity contribution in [1.82, 2.24) is 0 Å². The zero-order valence-corrected chi connectivity index (χ0v) is 9.43. The maximum absolute atomic E-state index is 9.76. The van der Waals surface area contributed by atoms with Crippen molar-refractivity contribution >= 4 is 15.9 Å². The summed E-state index contributed by atoms with van der Waals surface area (Å²) < 4.78 is 0.714. The predicted octanol–water partition coefficient (Wildman–Crippen LogP) is 2.39. The van der Waals surface area contributed by atoms with Crippen molar-refractivity contribution in [3.8, 4) is 5.75 Å². The van der Waals surface area contributed by atoms with Crippen molar-refractivity contribution in [3.05, 3.63) is 28.2 Å². The van der Waals surface area contributed by atoms with E-state index in [1.54, 1.807) is 0 Å². The molecule has 1 aromatic carbocycles. The van der Waals surface area contributed by atoms with Crippen LogP contribution in [0.15, 0.2) is 22.7 Å². The van der Waals surface area contributed by atoms with Gasteiger partial charge in [0.1, 0.15) is 5.75 Å². The van der Waals surface area contributed by atoms with Crippen molar-refractivity contribution in [1.29, 1.82) is 0 Å². The molecule has 0 bridgehead atoms. The molecule has 2 nitrogen and oxygen atoms in total. The van der Waals surface area contributed by atoms with E-state index in [0.29, 0.717) is 11.0 Å². The summed E-state index contributed by atoms with van der Waals surface area (Å²) in [5.41, 5.74) is 6.32. The van der Waals surface area contributed by atoms with Gasteiger partial charge in [0.2, 0.25) is 0 Å². The molecule has 0 heterocycles. The molecule has 0 spiro atoms. The van der Waals surface area contributed by atoms with Crippen molar-refractivity contribution in [2.75, 3.05) is 6.54 Å². The highest BCUT2D eigenvalue weighted by atomic mass is 79.9. The Labute approximate surface area is 86.9 Å². The second-order valence-electron chi connectivity index (χ2n) is 3.72. The SMILES string of the molecule is CC(C)(CN)c1cccc(Br)c1O. The van der Waals surface area contributed by atoms with Gasteiger partial charge in [-0.3, -0.25) is 0 Å². The van der Waals surface area contributed by atoms with Gasteiger partial charge in [0.25, 0.3) is 0 Å². The first-order chi connectivity index (χ1) is 5.99. The van der Waals surface area contributed by atoms with Crippen LogP contribution < -0.4 is 5.73 Å². The van der Waals surface area contributed by atoms with Crippen molar-refractivity contribution < 1.29 is 5.11 Å². The van der Waals surface area contributed by atoms with Crippen LogP contribution in [0.25, 0.3) is 0 Å². The summed E-state index contributed by atoms with van der Waals surface area (Å²) in [7, 11) is 0. The summed E-state index contributed by atoms with van der Waals surface area (Å²) in [6, 6.07) is 5.61. The number of nitrogens with two attached hydrogens (primary N) is 1. The highest BCUT2D eigenvalue weighted by Crippen LogP contribution is 2.35. The molecule has 13 heavy (non-hydrogen) atoms. The van der Waals surface area contributed by atoms with Crippen LogP contribution in [-0.2, 0) is 5.41 Å². The molecule has 0 unspecified atom stereocenters. The van der Waals surface area contributed by atoms with Crippen LogP contribution in [-0.4, -0.2) is 11.7 Å². The number of aromatic hydroxyl groups is 1. The summed E-state index contributed by atoms with van der Waals surface area (Å²) in [4.78, 5) is 0. The fraction of sp³-hybridized carbons (Fsp3) is 0.400. The van der Waals surface area contributed by atoms with Gasteiger partial charge in [-0.25, -0.2) is 0 Å². The highest BCUT2D eigenvalue weighted by molar-refractivity contribution is 9.10. The fourth-order valence-electron chi connectivity index (χ4n) is 1.17. The van der Waals surface area contributed by atoms with Gasteiger partial charge in [-0.1, -0.05) is 26.0 Å². The average molecular weight is 244 g/mol. The van der Waals surface area contributed by atoms with Crippen LogP contribution in [0.2, 0.25) is 0 Å². The van der Waals surface area contributed by atoms with Gasteiger partial charge in [0.15, 0.2) is 0 Å². The molecule has 0 aliphatic rings. The molecule has 0 saturated carbocycles. The monoisotopic (exact) mass is 243 g/mol. The van der Waals surface area contributed by atoms with E-state index < -0.39 is 0 Å². The molecule has 0 amide bonds. The van der Waals surface area contributed by atoms with E-state index in [2.05, 4.69) is 15.9 Å². The van der Waals surface area contributed by atoms with E-state index in [1.807, 2.05) is 32.0 Å². The standard InChI is InChI=1S/C10H14BrNO/c1-10(2,6-12)7-4-3-5-8(11)9(7)13/h3-5,13H,6,12H2,1-2H3. The van der Waals surface area contributed by atoms with Crippen LogP contribution >= 0.6 is 15.9 Å². The Morgan fingerprint density at radius 3 is 2.62 bits per heavy atom. The fourth-order valence-corrected chi connectivity index (χ4v) is 1.54. The minimum absolute atomic E-state index is 0.187. The molecule has 1 rings (SSSR count). The second-order valence-corrected chi connectivity index (χ2v) is 4.58. The van der Waals surface area contributed by atoms with E-state index >= 15 is 0 Å². The van der Waals surface area contributed by atoms with Gasteiger partial charge in [0.05, 0.1) is 4.47 Å². The Hall–Kier alpha value is -0.540. The van der Waals surface area contributed by atoms with Crippen LogP contribution in [0.3, 0.4) is 0 Å². The van der Waals surface area contributed by atoms with E-state index in [-0.39, 0.29) is 11.2 Å². The van der Waals surface area contributed by atoms with Crippen molar-refractivity contribution in [3.63, 3.8) is 0 Å². The van der Waals surface area contributed by atoms with E-state index in [0.717, 1.165) is 5.56 Å². The highest BCUT2D eigenvalue weighted by Gasteiger charge is 2.22. The van der Waals surface area contributed by atoms with Gasteiger partial charge >= 0.3 is 0 Å². The third kappa shape index (κ3) is 2.03. The van der Waals surface area contributed by atoms with Crippen molar-refractivity contribution in [2.24, 2.45) is 5.73 Å². The van der Waals surface area contributed by atoms with Gasteiger partial charge in [-0.2, -0.15) is 0 Å². The molecule has 0 aliphatic carbocycles. The van der Waals surface area contributed by atoms with Gasteiger partial charge in [-0.15, -0.1) is 0 Å². The minimum atomic E-state index is -0.187. The third-order valence-corrected chi connectivity index (χ3v) is 2.87. The number of rotatable bonds is 2. The zero-order chi connectivity index (χ0) is 10.1. The average Bonchev–Trinajstić information content (AvgIpc) is 2.09. The molecule has 3 N–H and O–H groups in total. The van der Waals surface area contributed by atoms with E-state index in [9.17, 15) is 5.11 Å². The lowest BCUT2D eigenvalue weighted by Crippen LogP contribution is -2.28. The van der Waals surface area contributed by atoms with Crippen LogP contribution in [0.4, 0.5) is 0 Å². The number of hydrogen-bond donors (Lipinski definition) is 2. The number of hydrogen-bond acceptors (Lipinski definition) is 2. The molecule has 0 aliphatic heterocycles.